The number of halogens is 3. The van der Waals surface area contributed by atoms with Crippen LogP contribution in [-0.2, 0) is 15.8 Å². The summed E-state index contributed by atoms with van der Waals surface area (Å²) in [6, 6.07) is 5.36. The summed E-state index contributed by atoms with van der Waals surface area (Å²) < 4.78 is 43.9. The lowest BCUT2D eigenvalue weighted by molar-refractivity contribution is -0.137. The summed E-state index contributed by atoms with van der Waals surface area (Å²) in [5.74, 6) is -2.32. The minimum absolute atomic E-state index is 0.0143. The van der Waals surface area contributed by atoms with Gasteiger partial charge in [0.2, 0.25) is 0 Å². The van der Waals surface area contributed by atoms with Crippen molar-refractivity contribution in [3.05, 3.63) is 42.0 Å². The maximum Gasteiger partial charge on any atom is 0.416 e. The molecular weight excluding hydrogens is 459 g/mol. The van der Waals surface area contributed by atoms with Crippen LogP contribution in [0, 0.1) is 0 Å². The minimum Gasteiger partial charge on any atom is -0.487 e. The molecule has 3 heterocycles. The van der Waals surface area contributed by atoms with Crippen molar-refractivity contribution in [1.29, 1.82) is 0 Å². The molecule has 1 atom stereocenters. The number of carbonyl (C=O) groups is 3. The van der Waals surface area contributed by atoms with Gasteiger partial charge in [-0.05, 0) is 37.6 Å². The minimum atomic E-state index is -4.39. The second-order valence-electron chi connectivity index (χ2n) is 8.24. The molecule has 0 spiro atoms. The number of carboxylic acids is 2. The monoisotopic (exact) mass is 485 g/mol. The van der Waals surface area contributed by atoms with E-state index in [0.717, 1.165) is 44.7 Å². The van der Waals surface area contributed by atoms with Crippen LogP contribution in [-0.4, -0.2) is 94.3 Å². The van der Waals surface area contributed by atoms with Crippen LogP contribution < -0.4 is 4.74 Å². The number of carbonyl (C=O) groups excluding carboxylic acids is 1. The SMILES string of the molecule is O=C(N1CC(Oc2cccc(C(F)(F)F)c2)C1)N1CCN2CCCC2C1.O=C(O)C=CC(=O)O. The van der Waals surface area contributed by atoms with Gasteiger partial charge in [-0.1, -0.05) is 6.07 Å². The Kier molecular flexibility index (Phi) is 8.02. The molecule has 4 rings (SSSR count). The van der Waals surface area contributed by atoms with Crippen molar-refractivity contribution < 1.29 is 42.5 Å². The van der Waals surface area contributed by atoms with Crippen LogP contribution in [0.4, 0.5) is 18.0 Å². The summed E-state index contributed by atoms with van der Waals surface area (Å²) in [4.78, 5) is 37.7. The first-order chi connectivity index (χ1) is 16.0. The number of amides is 2. The number of nitrogens with zero attached hydrogens (tertiary/aromatic N) is 3. The number of urea groups is 1. The van der Waals surface area contributed by atoms with Gasteiger partial charge < -0.3 is 24.7 Å². The van der Waals surface area contributed by atoms with Gasteiger partial charge in [-0.25, -0.2) is 14.4 Å². The molecule has 3 aliphatic heterocycles. The zero-order valence-corrected chi connectivity index (χ0v) is 18.3. The van der Waals surface area contributed by atoms with Gasteiger partial charge in [0, 0.05) is 37.8 Å². The first-order valence-electron chi connectivity index (χ1n) is 10.8. The molecule has 186 valence electrons. The van der Waals surface area contributed by atoms with Crippen LogP contribution >= 0.6 is 0 Å². The van der Waals surface area contributed by atoms with Crippen molar-refractivity contribution in [2.45, 2.75) is 31.2 Å². The van der Waals surface area contributed by atoms with Crippen LogP contribution in [0.5, 0.6) is 5.75 Å². The lowest BCUT2D eigenvalue weighted by Crippen LogP contribution is -2.62. The van der Waals surface area contributed by atoms with E-state index in [1.807, 2.05) is 4.90 Å². The third kappa shape index (κ3) is 6.86. The third-order valence-electron chi connectivity index (χ3n) is 5.81. The Morgan fingerprint density at radius 2 is 1.65 bits per heavy atom. The van der Waals surface area contributed by atoms with Gasteiger partial charge in [0.15, 0.2) is 0 Å². The highest BCUT2D eigenvalue weighted by atomic mass is 19.4. The Labute approximate surface area is 194 Å². The molecule has 0 aliphatic carbocycles. The fourth-order valence-electron chi connectivity index (χ4n) is 4.11. The number of hydrogen-bond donors (Lipinski definition) is 2. The molecule has 0 bridgehead atoms. The normalized spacial score (nSPS) is 20.9. The second kappa shape index (κ2) is 10.8. The number of benzene rings is 1. The van der Waals surface area contributed by atoms with E-state index in [1.165, 1.54) is 18.6 Å². The highest BCUT2D eigenvalue weighted by Gasteiger charge is 2.39. The number of rotatable bonds is 4. The van der Waals surface area contributed by atoms with Crippen molar-refractivity contribution in [2.75, 3.05) is 39.3 Å². The van der Waals surface area contributed by atoms with Crippen molar-refractivity contribution in [1.82, 2.24) is 14.7 Å². The third-order valence-corrected chi connectivity index (χ3v) is 5.81. The quantitative estimate of drug-likeness (QED) is 0.630. The van der Waals surface area contributed by atoms with Gasteiger partial charge in [0.1, 0.15) is 11.9 Å². The molecule has 0 saturated carbocycles. The van der Waals surface area contributed by atoms with Crippen LogP contribution in [0.3, 0.4) is 0 Å². The summed E-state index contributed by atoms with van der Waals surface area (Å²) in [7, 11) is 0. The summed E-state index contributed by atoms with van der Waals surface area (Å²) in [5, 5.41) is 15.6. The predicted octanol–water partition coefficient (Wildman–Crippen LogP) is 2.38. The number of alkyl halides is 3. The van der Waals surface area contributed by atoms with E-state index in [4.69, 9.17) is 14.9 Å². The van der Waals surface area contributed by atoms with Gasteiger partial charge in [-0.3, -0.25) is 4.90 Å². The molecule has 12 heteroatoms. The Morgan fingerprint density at radius 1 is 0.971 bits per heavy atom. The van der Waals surface area contributed by atoms with Crippen LogP contribution in [0.25, 0.3) is 0 Å². The molecule has 3 saturated heterocycles. The molecule has 3 fully saturated rings. The van der Waals surface area contributed by atoms with Gasteiger partial charge in [0.25, 0.3) is 0 Å². The summed E-state index contributed by atoms with van der Waals surface area (Å²) >= 11 is 0. The second-order valence-corrected chi connectivity index (χ2v) is 8.24. The fraction of sp³-hybridized carbons (Fsp3) is 0.500. The van der Waals surface area contributed by atoms with Crippen molar-refractivity contribution in [2.24, 2.45) is 0 Å². The number of piperazine rings is 1. The van der Waals surface area contributed by atoms with E-state index >= 15 is 0 Å². The zero-order chi connectivity index (χ0) is 24.9. The predicted molar refractivity (Wildman–Crippen MR) is 113 cm³/mol. The zero-order valence-electron chi connectivity index (χ0n) is 18.3. The maximum atomic E-state index is 12.8. The average Bonchev–Trinajstić information content (AvgIpc) is 3.22. The highest BCUT2D eigenvalue weighted by Crippen LogP contribution is 2.32. The first-order valence-corrected chi connectivity index (χ1v) is 10.8. The number of ether oxygens (including phenoxy) is 1. The van der Waals surface area contributed by atoms with Gasteiger partial charge in [0.05, 0.1) is 18.7 Å². The van der Waals surface area contributed by atoms with Crippen LogP contribution in [0.1, 0.15) is 18.4 Å². The smallest absolute Gasteiger partial charge is 0.416 e. The number of fused-ring (bicyclic) bond motifs is 1. The molecule has 0 aromatic heterocycles. The molecule has 34 heavy (non-hydrogen) atoms. The van der Waals surface area contributed by atoms with E-state index in [0.29, 0.717) is 31.3 Å². The molecule has 1 aromatic rings. The topological polar surface area (TPSA) is 111 Å². The van der Waals surface area contributed by atoms with E-state index < -0.39 is 23.7 Å². The molecule has 1 unspecified atom stereocenters. The molecule has 0 radical (unpaired) electrons. The van der Waals surface area contributed by atoms with E-state index in [9.17, 15) is 27.6 Å². The van der Waals surface area contributed by atoms with E-state index in [-0.39, 0.29) is 17.9 Å². The Hall–Kier alpha value is -3.28. The largest absolute Gasteiger partial charge is 0.487 e. The van der Waals surface area contributed by atoms with Gasteiger partial charge in [-0.2, -0.15) is 13.2 Å². The Balaban J connectivity index is 0.000000350. The Bertz CT molecular complexity index is 917. The molecule has 2 amide bonds. The lowest BCUT2D eigenvalue weighted by atomic mass is 10.1. The molecule has 2 N–H and O–H groups in total. The maximum absolute atomic E-state index is 12.8. The average molecular weight is 485 g/mol. The van der Waals surface area contributed by atoms with Gasteiger partial charge >= 0.3 is 24.1 Å². The number of hydrogen-bond acceptors (Lipinski definition) is 5. The molecule has 3 aliphatic rings. The van der Waals surface area contributed by atoms with Crippen molar-refractivity contribution in [3.8, 4) is 5.75 Å². The molecule has 9 nitrogen and oxygen atoms in total. The summed E-state index contributed by atoms with van der Waals surface area (Å²) in [6.07, 6.45) is -1.18. The van der Waals surface area contributed by atoms with Crippen LogP contribution in [0.2, 0.25) is 0 Å². The fourth-order valence-corrected chi connectivity index (χ4v) is 4.11. The first kappa shape index (κ1) is 25.3. The lowest BCUT2D eigenvalue weighted by Gasteiger charge is -2.44. The summed E-state index contributed by atoms with van der Waals surface area (Å²) in [5.41, 5.74) is -0.725. The highest BCUT2D eigenvalue weighted by molar-refractivity contribution is 5.89. The molecule has 1 aromatic carbocycles. The van der Waals surface area contributed by atoms with E-state index in [2.05, 4.69) is 4.90 Å². The van der Waals surface area contributed by atoms with Crippen LogP contribution in [0.15, 0.2) is 36.4 Å². The standard InChI is InChI=1S/C18H22F3N3O2.C4H4O4/c19-18(20,21)13-3-1-5-15(9-13)26-16-11-24(12-16)17(25)23-8-7-22-6-2-4-14(22)10-23;5-3(6)1-2-4(7)8/h1,3,5,9,14,16H,2,4,6-8,10-12H2;1-2H,(H,5,6)(H,7,8). The molecular formula is C22H26F3N3O6. The van der Waals surface area contributed by atoms with Crippen molar-refractivity contribution >= 4 is 18.0 Å². The van der Waals surface area contributed by atoms with Crippen molar-refractivity contribution in [3.63, 3.8) is 0 Å². The number of likely N-dealkylation sites (tertiary alicyclic amines) is 1. The number of aliphatic carboxylic acids is 2. The Morgan fingerprint density at radius 3 is 2.26 bits per heavy atom. The number of carboxylic acid groups (broad SMARTS) is 2. The van der Waals surface area contributed by atoms with Gasteiger partial charge in [-0.15, -0.1) is 0 Å². The summed E-state index contributed by atoms with van der Waals surface area (Å²) in [6.45, 7) is 4.40. The van der Waals surface area contributed by atoms with E-state index in [1.54, 1.807) is 4.90 Å².